The fourth-order valence-corrected chi connectivity index (χ4v) is 2.77. The first-order chi connectivity index (χ1) is 12.6. The predicted molar refractivity (Wildman–Crippen MR) is 111 cm³/mol. The fourth-order valence-electron chi connectivity index (χ4n) is 2.77. The third-order valence-electron chi connectivity index (χ3n) is 4.38. The Bertz CT molecular complexity index is 930. The quantitative estimate of drug-likeness (QED) is 0.605. The van der Waals surface area contributed by atoms with E-state index in [1.54, 1.807) is 0 Å². The van der Waals surface area contributed by atoms with Crippen molar-refractivity contribution in [3.63, 3.8) is 0 Å². The van der Waals surface area contributed by atoms with Crippen LogP contribution in [0.2, 0.25) is 0 Å². The summed E-state index contributed by atoms with van der Waals surface area (Å²) in [7, 11) is 0. The Morgan fingerprint density at radius 1 is 0.704 bits per heavy atom. The van der Waals surface area contributed by atoms with Crippen molar-refractivity contribution >= 4 is 0 Å². The Morgan fingerprint density at radius 2 is 1.30 bits per heavy atom. The second kappa shape index (κ2) is 6.84. The van der Waals surface area contributed by atoms with Crippen molar-refractivity contribution in [1.82, 2.24) is 19.9 Å². The third-order valence-corrected chi connectivity index (χ3v) is 4.38. The molecule has 0 aliphatic rings. The molecule has 0 amide bonds. The number of aromatic nitrogens is 4. The number of rotatable bonds is 2. The average Bonchev–Trinajstić information content (AvgIpc) is 2.60. The number of pyridine rings is 1. The van der Waals surface area contributed by atoms with Crippen LogP contribution in [0.3, 0.4) is 0 Å². The summed E-state index contributed by atoms with van der Waals surface area (Å²) in [4.78, 5) is 18.9. The average molecular weight is 361 g/mol. The van der Waals surface area contributed by atoms with Crippen molar-refractivity contribution in [2.24, 2.45) is 0 Å². The van der Waals surface area contributed by atoms with Crippen LogP contribution in [0, 0.1) is 6.92 Å². The zero-order chi connectivity index (χ0) is 19.8. The first-order valence-corrected chi connectivity index (χ1v) is 9.35. The maximum Gasteiger partial charge on any atom is 0.163 e. The summed E-state index contributed by atoms with van der Waals surface area (Å²) in [6.45, 7) is 14.9. The molecule has 0 aliphatic carbocycles. The van der Waals surface area contributed by atoms with E-state index in [1.807, 2.05) is 18.3 Å². The van der Waals surface area contributed by atoms with E-state index in [0.717, 1.165) is 39.9 Å². The molecular weight excluding hydrogens is 332 g/mol. The zero-order valence-electron chi connectivity index (χ0n) is 17.3. The van der Waals surface area contributed by atoms with Gasteiger partial charge in [0.15, 0.2) is 5.82 Å². The molecule has 0 radical (unpaired) electrons. The molecule has 0 fully saturated rings. The number of nitrogens with zero attached hydrogens (tertiary/aromatic N) is 4. The van der Waals surface area contributed by atoms with Gasteiger partial charge in [-0.1, -0.05) is 65.8 Å². The van der Waals surface area contributed by atoms with E-state index in [2.05, 4.69) is 77.7 Å². The van der Waals surface area contributed by atoms with Crippen molar-refractivity contribution in [3.8, 4) is 22.6 Å². The highest BCUT2D eigenvalue weighted by molar-refractivity contribution is 5.69. The van der Waals surface area contributed by atoms with Gasteiger partial charge in [0.25, 0.3) is 0 Å². The van der Waals surface area contributed by atoms with Crippen LogP contribution in [0.4, 0.5) is 0 Å². The highest BCUT2D eigenvalue weighted by Gasteiger charge is 2.25. The lowest BCUT2D eigenvalue weighted by molar-refractivity contribution is 0.497. The molecular formula is C23H28N4. The van der Waals surface area contributed by atoms with Gasteiger partial charge in [-0.05, 0) is 24.6 Å². The van der Waals surface area contributed by atoms with E-state index < -0.39 is 0 Å². The minimum absolute atomic E-state index is 0.146. The van der Waals surface area contributed by atoms with Crippen LogP contribution >= 0.6 is 0 Å². The standard InChI is InChI=1S/C23H28N4/c1-15-10-9-13-24-18(15)16-11-8-12-17(14-16)19-25-20(22(2,3)4)27-21(26-19)23(5,6)7/h8-14H,1-7H3. The van der Waals surface area contributed by atoms with Gasteiger partial charge in [0.2, 0.25) is 0 Å². The van der Waals surface area contributed by atoms with Gasteiger partial charge in [-0.25, -0.2) is 15.0 Å². The lowest BCUT2D eigenvalue weighted by Gasteiger charge is -2.22. The summed E-state index contributed by atoms with van der Waals surface area (Å²) < 4.78 is 0. The van der Waals surface area contributed by atoms with Crippen LogP contribution in [-0.4, -0.2) is 19.9 Å². The highest BCUT2D eigenvalue weighted by Crippen LogP contribution is 2.29. The minimum Gasteiger partial charge on any atom is -0.256 e. The Morgan fingerprint density at radius 3 is 1.85 bits per heavy atom. The Hall–Kier alpha value is -2.62. The zero-order valence-corrected chi connectivity index (χ0v) is 17.3. The van der Waals surface area contributed by atoms with E-state index in [0.29, 0.717) is 0 Å². The molecule has 2 aromatic heterocycles. The topological polar surface area (TPSA) is 51.6 Å². The van der Waals surface area contributed by atoms with Crippen LogP contribution in [0.15, 0.2) is 42.6 Å². The Labute approximate surface area is 162 Å². The van der Waals surface area contributed by atoms with Gasteiger partial charge in [0.1, 0.15) is 11.6 Å². The van der Waals surface area contributed by atoms with Gasteiger partial charge in [-0.15, -0.1) is 0 Å². The summed E-state index contributed by atoms with van der Waals surface area (Å²) in [5, 5.41) is 0. The molecule has 0 spiro atoms. The van der Waals surface area contributed by atoms with Gasteiger partial charge in [-0.2, -0.15) is 0 Å². The maximum atomic E-state index is 4.80. The van der Waals surface area contributed by atoms with E-state index in [1.165, 1.54) is 0 Å². The summed E-state index contributed by atoms with van der Waals surface area (Å²) in [6, 6.07) is 12.3. The van der Waals surface area contributed by atoms with Crippen molar-refractivity contribution in [2.75, 3.05) is 0 Å². The summed E-state index contributed by atoms with van der Waals surface area (Å²) in [5.41, 5.74) is 3.90. The van der Waals surface area contributed by atoms with Crippen molar-refractivity contribution in [1.29, 1.82) is 0 Å². The number of hydrogen-bond donors (Lipinski definition) is 0. The maximum absolute atomic E-state index is 4.80. The molecule has 0 N–H and O–H groups in total. The highest BCUT2D eigenvalue weighted by atomic mass is 15.1. The third kappa shape index (κ3) is 4.21. The largest absolute Gasteiger partial charge is 0.256 e. The molecule has 140 valence electrons. The van der Waals surface area contributed by atoms with Crippen LogP contribution in [0.25, 0.3) is 22.6 Å². The molecule has 0 saturated carbocycles. The summed E-state index contributed by atoms with van der Waals surface area (Å²) >= 11 is 0. The normalized spacial score (nSPS) is 12.3. The molecule has 4 heteroatoms. The summed E-state index contributed by atoms with van der Waals surface area (Å²) in [6.07, 6.45) is 1.83. The van der Waals surface area contributed by atoms with E-state index >= 15 is 0 Å². The van der Waals surface area contributed by atoms with E-state index in [9.17, 15) is 0 Å². The number of aryl methyl sites for hydroxylation is 1. The van der Waals surface area contributed by atoms with Crippen molar-refractivity contribution < 1.29 is 0 Å². The molecule has 0 aliphatic heterocycles. The molecule has 27 heavy (non-hydrogen) atoms. The predicted octanol–water partition coefficient (Wildman–Crippen LogP) is 5.50. The molecule has 2 heterocycles. The number of benzene rings is 1. The van der Waals surface area contributed by atoms with Gasteiger partial charge in [0, 0.05) is 28.2 Å². The summed E-state index contributed by atoms with van der Waals surface area (Å²) in [5.74, 6) is 2.35. The minimum atomic E-state index is -0.146. The monoisotopic (exact) mass is 360 g/mol. The van der Waals surface area contributed by atoms with Crippen LogP contribution in [0.5, 0.6) is 0 Å². The fraction of sp³-hybridized carbons (Fsp3) is 0.391. The molecule has 3 aromatic rings. The second-order valence-electron chi connectivity index (χ2n) is 9.06. The molecule has 0 saturated heterocycles. The van der Waals surface area contributed by atoms with Crippen molar-refractivity contribution in [3.05, 3.63) is 59.8 Å². The van der Waals surface area contributed by atoms with E-state index in [4.69, 9.17) is 15.0 Å². The van der Waals surface area contributed by atoms with E-state index in [-0.39, 0.29) is 10.8 Å². The van der Waals surface area contributed by atoms with Crippen LogP contribution in [0.1, 0.15) is 58.8 Å². The first kappa shape index (κ1) is 19.2. The first-order valence-electron chi connectivity index (χ1n) is 9.35. The lowest BCUT2D eigenvalue weighted by Crippen LogP contribution is -2.24. The van der Waals surface area contributed by atoms with Crippen molar-refractivity contribution in [2.45, 2.75) is 59.3 Å². The van der Waals surface area contributed by atoms with Crippen LogP contribution in [-0.2, 0) is 10.8 Å². The van der Waals surface area contributed by atoms with Crippen LogP contribution < -0.4 is 0 Å². The molecule has 4 nitrogen and oxygen atoms in total. The van der Waals surface area contributed by atoms with Gasteiger partial charge < -0.3 is 0 Å². The van der Waals surface area contributed by atoms with Gasteiger partial charge >= 0.3 is 0 Å². The molecule has 1 aromatic carbocycles. The Kier molecular flexibility index (Phi) is 4.85. The molecule has 0 bridgehead atoms. The Balaban J connectivity index is 2.17. The van der Waals surface area contributed by atoms with Gasteiger partial charge in [0.05, 0.1) is 5.69 Å². The lowest BCUT2D eigenvalue weighted by atomic mass is 9.93. The van der Waals surface area contributed by atoms with Gasteiger partial charge in [-0.3, -0.25) is 4.98 Å². The molecule has 3 rings (SSSR count). The molecule has 0 unspecified atom stereocenters. The SMILES string of the molecule is Cc1cccnc1-c1cccc(-c2nc(C(C)(C)C)nc(C(C)(C)C)n2)c1. The number of hydrogen-bond acceptors (Lipinski definition) is 4. The molecule has 0 atom stereocenters. The smallest absolute Gasteiger partial charge is 0.163 e. The second-order valence-corrected chi connectivity index (χ2v) is 9.06.